The molecule has 0 unspecified atom stereocenters. The second-order valence-corrected chi connectivity index (χ2v) is 5.77. The van der Waals surface area contributed by atoms with Crippen LogP contribution in [0.3, 0.4) is 0 Å². The molecule has 0 aromatic carbocycles. The molecule has 0 saturated carbocycles. The predicted octanol–water partition coefficient (Wildman–Crippen LogP) is 2.67. The maximum Gasteiger partial charge on any atom is 0.150 e. The summed E-state index contributed by atoms with van der Waals surface area (Å²) in [5.74, 6) is 0.952. The first-order valence-corrected chi connectivity index (χ1v) is 7.22. The Morgan fingerprint density at radius 3 is 2.75 bits per heavy atom. The van der Waals surface area contributed by atoms with Gasteiger partial charge in [-0.2, -0.15) is 5.10 Å². The number of hydrogen-bond acceptors (Lipinski definition) is 4. The highest BCUT2D eigenvalue weighted by atomic mass is 16.5. The van der Waals surface area contributed by atoms with E-state index >= 15 is 0 Å². The fourth-order valence-corrected chi connectivity index (χ4v) is 3.31. The molecule has 5 heteroatoms. The molecule has 108 valence electrons. The Bertz CT molecular complexity index is 613. The summed E-state index contributed by atoms with van der Waals surface area (Å²) in [5, 5.41) is 8.53. The first-order chi connectivity index (χ1) is 9.56. The molecule has 20 heavy (non-hydrogen) atoms. The van der Waals surface area contributed by atoms with E-state index in [9.17, 15) is 0 Å². The highest BCUT2D eigenvalue weighted by Gasteiger charge is 2.30. The van der Waals surface area contributed by atoms with Gasteiger partial charge in [0.1, 0.15) is 0 Å². The quantitative estimate of drug-likeness (QED) is 0.863. The summed E-state index contributed by atoms with van der Waals surface area (Å²) < 4.78 is 7.35. The van der Waals surface area contributed by atoms with Crippen molar-refractivity contribution in [3.05, 3.63) is 34.5 Å². The van der Waals surface area contributed by atoms with E-state index in [4.69, 9.17) is 4.52 Å². The molecule has 0 aliphatic carbocycles. The van der Waals surface area contributed by atoms with Crippen LogP contribution in [0.15, 0.2) is 10.6 Å². The van der Waals surface area contributed by atoms with E-state index in [1.54, 1.807) is 0 Å². The van der Waals surface area contributed by atoms with Gasteiger partial charge in [-0.1, -0.05) is 5.16 Å². The van der Waals surface area contributed by atoms with Gasteiger partial charge in [0, 0.05) is 30.4 Å². The van der Waals surface area contributed by atoms with Crippen LogP contribution < -0.4 is 0 Å². The zero-order valence-corrected chi connectivity index (χ0v) is 12.7. The SMILES string of the molecule is Cc1cc(CN2CCC[C@@H]2c2c(C)nn(C)c2C)on1. The molecule has 1 fully saturated rings. The Labute approximate surface area is 119 Å². The van der Waals surface area contributed by atoms with E-state index in [0.29, 0.717) is 6.04 Å². The van der Waals surface area contributed by atoms with Crippen LogP contribution in [0.1, 0.15) is 47.3 Å². The zero-order valence-electron chi connectivity index (χ0n) is 12.7. The second-order valence-electron chi connectivity index (χ2n) is 5.77. The third-order valence-corrected chi connectivity index (χ3v) is 4.30. The third-order valence-electron chi connectivity index (χ3n) is 4.30. The minimum absolute atomic E-state index is 0.453. The molecule has 3 rings (SSSR count). The second kappa shape index (κ2) is 5.05. The smallest absolute Gasteiger partial charge is 0.150 e. The Kier molecular flexibility index (Phi) is 3.38. The van der Waals surface area contributed by atoms with Crippen LogP contribution in [0.4, 0.5) is 0 Å². The Hall–Kier alpha value is -1.62. The molecule has 0 N–H and O–H groups in total. The summed E-state index contributed by atoms with van der Waals surface area (Å²) in [7, 11) is 2.02. The van der Waals surface area contributed by atoms with Crippen LogP contribution in [-0.2, 0) is 13.6 Å². The monoisotopic (exact) mass is 274 g/mol. The third kappa shape index (κ3) is 2.26. The van der Waals surface area contributed by atoms with E-state index in [1.165, 1.54) is 24.1 Å². The normalized spacial score (nSPS) is 19.9. The summed E-state index contributed by atoms with van der Waals surface area (Å²) in [6, 6.07) is 2.48. The van der Waals surface area contributed by atoms with Gasteiger partial charge < -0.3 is 4.52 Å². The molecule has 1 aliphatic rings. The first kappa shape index (κ1) is 13.4. The van der Waals surface area contributed by atoms with E-state index in [-0.39, 0.29) is 0 Å². The highest BCUT2D eigenvalue weighted by Crippen LogP contribution is 2.36. The zero-order chi connectivity index (χ0) is 14.3. The summed E-state index contributed by atoms with van der Waals surface area (Å²) in [6.45, 7) is 8.17. The number of aromatic nitrogens is 3. The van der Waals surface area contributed by atoms with Gasteiger partial charge >= 0.3 is 0 Å². The highest BCUT2D eigenvalue weighted by molar-refractivity contribution is 5.29. The minimum Gasteiger partial charge on any atom is -0.360 e. The number of rotatable bonds is 3. The van der Waals surface area contributed by atoms with Crippen LogP contribution in [0.5, 0.6) is 0 Å². The number of hydrogen-bond donors (Lipinski definition) is 0. The van der Waals surface area contributed by atoms with Crippen molar-refractivity contribution in [2.24, 2.45) is 7.05 Å². The molecule has 0 amide bonds. The van der Waals surface area contributed by atoms with E-state index < -0.39 is 0 Å². The molecule has 1 atom stereocenters. The lowest BCUT2D eigenvalue weighted by Crippen LogP contribution is -2.23. The van der Waals surface area contributed by atoms with Crippen LogP contribution in [-0.4, -0.2) is 26.4 Å². The molecule has 0 radical (unpaired) electrons. The van der Waals surface area contributed by atoms with Gasteiger partial charge in [0.15, 0.2) is 5.76 Å². The van der Waals surface area contributed by atoms with Crippen molar-refractivity contribution in [3.8, 4) is 0 Å². The lowest BCUT2D eigenvalue weighted by Gasteiger charge is -2.23. The molecule has 0 bridgehead atoms. The van der Waals surface area contributed by atoms with Crippen molar-refractivity contribution in [1.29, 1.82) is 0 Å². The van der Waals surface area contributed by atoms with Crippen LogP contribution in [0.2, 0.25) is 0 Å². The molecule has 1 aliphatic heterocycles. The molecule has 1 saturated heterocycles. The van der Waals surface area contributed by atoms with Gasteiger partial charge in [0.2, 0.25) is 0 Å². The summed E-state index contributed by atoms with van der Waals surface area (Å²) in [5.41, 5.74) is 4.76. The lowest BCUT2D eigenvalue weighted by molar-refractivity contribution is 0.215. The van der Waals surface area contributed by atoms with E-state index in [2.05, 4.69) is 29.0 Å². The van der Waals surface area contributed by atoms with Gasteiger partial charge in [0.25, 0.3) is 0 Å². The van der Waals surface area contributed by atoms with Crippen molar-refractivity contribution in [3.63, 3.8) is 0 Å². The minimum atomic E-state index is 0.453. The van der Waals surface area contributed by atoms with Crippen molar-refractivity contribution >= 4 is 0 Å². The van der Waals surface area contributed by atoms with Gasteiger partial charge in [-0.15, -0.1) is 0 Å². The number of aryl methyl sites for hydroxylation is 3. The van der Waals surface area contributed by atoms with Crippen LogP contribution >= 0.6 is 0 Å². The topological polar surface area (TPSA) is 47.1 Å². The molecular formula is C15H22N4O. The predicted molar refractivity (Wildman–Crippen MR) is 76.3 cm³/mol. The Morgan fingerprint density at radius 1 is 1.35 bits per heavy atom. The van der Waals surface area contributed by atoms with E-state index in [0.717, 1.165) is 30.2 Å². The van der Waals surface area contributed by atoms with E-state index in [1.807, 2.05) is 24.7 Å². The van der Waals surface area contributed by atoms with Gasteiger partial charge in [0.05, 0.1) is 17.9 Å². The van der Waals surface area contributed by atoms with Crippen LogP contribution in [0, 0.1) is 20.8 Å². The average molecular weight is 274 g/mol. The molecule has 2 aromatic heterocycles. The van der Waals surface area contributed by atoms with Crippen molar-refractivity contribution in [2.75, 3.05) is 6.54 Å². The van der Waals surface area contributed by atoms with Crippen LogP contribution in [0.25, 0.3) is 0 Å². The summed E-state index contributed by atoms with van der Waals surface area (Å²) in [4.78, 5) is 2.48. The molecule has 2 aromatic rings. The number of nitrogens with zero attached hydrogens (tertiary/aromatic N) is 4. The summed E-state index contributed by atoms with van der Waals surface area (Å²) in [6.07, 6.45) is 2.42. The molecule has 3 heterocycles. The van der Waals surface area contributed by atoms with Crippen molar-refractivity contribution in [1.82, 2.24) is 19.8 Å². The molecular weight excluding hydrogens is 252 g/mol. The van der Waals surface area contributed by atoms with Gasteiger partial charge in [-0.05, 0) is 40.2 Å². The average Bonchev–Trinajstić information content (AvgIpc) is 3.05. The standard InChI is InChI=1S/C15H22N4O/c1-10-8-13(20-17-10)9-19-7-5-6-14(19)15-11(2)16-18(4)12(15)3/h8,14H,5-7,9H2,1-4H3/t14-/m1/s1. The summed E-state index contributed by atoms with van der Waals surface area (Å²) >= 11 is 0. The first-order valence-electron chi connectivity index (χ1n) is 7.22. The van der Waals surface area contributed by atoms with Gasteiger partial charge in [-0.3, -0.25) is 9.58 Å². The maximum atomic E-state index is 5.36. The van der Waals surface area contributed by atoms with Gasteiger partial charge in [-0.25, -0.2) is 0 Å². The fourth-order valence-electron chi connectivity index (χ4n) is 3.31. The number of likely N-dealkylation sites (tertiary alicyclic amines) is 1. The Balaban J connectivity index is 1.85. The largest absolute Gasteiger partial charge is 0.360 e. The maximum absolute atomic E-state index is 5.36. The van der Waals surface area contributed by atoms with Crippen molar-refractivity contribution < 1.29 is 4.52 Å². The Morgan fingerprint density at radius 2 is 2.15 bits per heavy atom. The molecule has 0 spiro atoms. The van der Waals surface area contributed by atoms with Crippen molar-refractivity contribution in [2.45, 2.75) is 46.2 Å². The fraction of sp³-hybridized carbons (Fsp3) is 0.600. The lowest BCUT2D eigenvalue weighted by atomic mass is 10.0. The molecule has 5 nitrogen and oxygen atoms in total.